The molecule has 0 aromatic heterocycles. The second-order valence-corrected chi connectivity index (χ2v) is 7.08. The van der Waals surface area contributed by atoms with Gasteiger partial charge in [-0.15, -0.1) is 0 Å². The lowest BCUT2D eigenvalue weighted by atomic mass is 10.1. The Balaban J connectivity index is 1.40. The first-order valence-electron chi connectivity index (χ1n) is 9.74. The molecule has 30 heavy (non-hydrogen) atoms. The molecule has 2 amide bonds. The van der Waals surface area contributed by atoms with E-state index in [0.29, 0.717) is 24.4 Å². The van der Waals surface area contributed by atoms with Gasteiger partial charge in [-0.05, 0) is 35.4 Å². The summed E-state index contributed by atoms with van der Waals surface area (Å²) in [5, 5.41) is 12.3. The van der Waals surface area contributed by atoms with Crippen molar-refractivity contribution in [1.29, 1.82) is 0 Å². The first-order valence-corrected chi connectivity index (χ1v) is 9.74. The molecule has 1 heterocycles. The van der Waals surface area contributed by atoms with Crippen molar-refractivity contribution < 1.29 is 24.2 Å². The molecule has 1 atom stereocenters. The highest BCUT2D eigenvalue weighted by Crippen LogP contribution is 2.14. The molecule has 8 nitrogen and oxygen atoms in total. The number of aliphatic hydroxyl groups excluding tert-OH is 1. The number of Topliss-reactive ketones (excluding diaryl/α,β-unsaturated/α-hetero) is 1. The minimum atomic E-state index is -1.08. The Morgan fingerprint density at radius 3 is 2.37 bits per heavy atom. The third kappa shape index (κ3) is 5.65. The van der Waals surface area contributed by atoms with Crippen molar-refractivity contribution in [1.82, 2.24) is 10.2 Å². The standard InChI is InChI=1S/C22H25N3O5/c23-11-15-1-5-17(6-2-15)22(29)24-12-16-3-7-18(8-4-16)30-10-9-21(28)25-13-19(26)20(27)14-25/h1-8,19,26H,9-14,23H2,(H,24,29). The molecule has 8 heteroatoms. The number of amides is 2. The van der Waals surface area contributed by atoms with Gasteiger partial charge >= 0.3 is 0 Å². The third-order valence-corrected chi connectivity index (χ3v) is 4.88. The Bertz CT molecular complexity index is 896. The number of nitrogens with zero attached hydrogens (tertiary/aromatic N) is 1. The van der Waals surface area contributed by atoms with E-state index in [4.69, 9.17) is 10.5 Å². The Morgan fingerprint density at radius 1 is 1.10 bits per heavy atom. The van der Waals surface area contributed by atoms with Crippen molar-refractivity contribution in [3.8, 4) is 5.75 Å². The number of β-amino-alcohol motifs (C(OH)–C–C–N with tert-alkyl or cyclic N) is 1. The topological polar surface area (TPSA) is 122 Å². The van der Waals surface area contributed by atoms with Crippen LogP contribution in [0.2, 0.25) is 0 Å². The number of hydrogen-bond acceptors (Lipinski definition) is 6. The highest BCUT2D eigenvalue weighted by atomic mass is 16.5. The number of rotatable bonds is 8. The summed E-state index contributed by atoms with van der Waals surface area (Å²) in [5.74, 6) is -0.117. The molecule has 3 rings (SSSR count). The molecule has 1 aliphatic heterocycles. The number of carbonyl (C=O) groups is 3. The van der Waals surface area contributed by atoms with E-state index in [1.54, 1.807) is 24.3 Å². The average Bonchev–Trinajstić information content (AvgIpc) is 3.11. The lowest BCUT2D eigenvalue weighted by Crippen LogP contribution is -2.30. The van der Waals surface area contributed by atoms with Crippen molar-refractivity contribution in [2.75, 3.05) is 19.7 Å². The molecular formula is C22H25N3O5. The van der Waals surface area contributed by atoms with E-state index in [1.165, 1.54) is 4.90 Å². The first kappa shape index (κ1) is 21.5. The number of likely N-dealkylation sites (tertiary alicyclic amines) is 1. The van der Waals surface area contributed by atoms with Crippen LogP contribution in [0, 0.1) is 0 Å². The van der Waals surface area contributed by atoms with Crippen molar-refractivity contribution in [2.45, 2.75) is 25.6 Å². The number of nitrogens with one attached hydrogen (secondary N) is 1. The molecule has 0 radical (unpaired) electrons. The van der Waals surface area contributed by atoms with Crippen LogP contribution in [0.3, 0.4) is 0 Å². The van der Waals surface area contributed by atoms with Gasteiger partial charge in [-0.1, -0.05) is 24.3 Å². The number of hydrogen-bond donors (Lipinski definition) is 3. The van der Waals surface area contributed by atoms with Gasteiger partial charge in [-0.3, -0.25) is 14.4 Å². The summed E-state index contributed by atoms with van der Waals surface area (Å²) in [6.07, 6.45) is -0.950. The van der Waals surface area contributed by atoms with Gasteiger partial charge < -0.3 is 25.8 Å². The van der Waals surface area contributed by atoms with Crippen LogP contribution in [-0.4, -0.2) is 53.4 Å². The van der Waals surface area contributed by atoms with E-state index < -0.39 is 6.10 Å². The molecule has 0 saturated carbocycles. The maximum atomic E-state index is 12.2. The van der Waals surface area contributed by atoms with E-state index in [9.17, 15) is 19.5 Å². The SMILES string of the molecule is NCc1ccc(C(=O)NCc2ccc(OCCC(=O)N3CC(=O)C(O)C3)cc2)cc1. The van der Waals surface area contributed by atoms with Crippen LogP contribution in [0.15, 0.2) is 48.5 Å². The normalized spacial score (nSPS) is 15.9. The fourth-order valence-electron chi connectivity index (χ4n) is 3.05. The van der Waals surface area contributed by atoms with Crippen molar-refractivity contribution in [2.24, 2.45) is 5.73 Å². The van der Waals surface area contributed by atoms with Gasteiger partial charge in [-0.2, -0.15) is 0 Å². The Labute approximate surface area is 174 Å². The lowest BCUT2D eigenvalue weighted by molar-refractivity contribution is -0.132. The summed E-state index contributed by atoms with van der Waals surface area (Å²) < 4.78 is 5.57. The number of carbonyl (C=O) groups excluding carboxylic acids is 3. The van der Waals surface area contributed by atoms with Crippen LogP contribution in [0.4, 0.5) is 0 Å². The minimum Gasteiger partial charge on any atom is -0.493 e. The predicted molar refractivity (Wildman–Crippen MR) is 110 cm³/mol. The maximum Gasteiger partial charge on any atom is 0.251 e. The molecule has 2 aromatic rings. The molecule has 4 N–H and O–H groups in total. The lowest BCUT2D eigenvalue weighted by Gasteiger charge is -2.14. The zero-order chi connectivity index (χ0) is 21.5. The zero-order valence-electron chi connectivity index (χ0n) is 16.5. The highest BCUT2D eigenvalue weighted by Gasteiger charge is 2.31. The van der Waals surface area contributed by atoms with Crippen LogP contribution < -0.4 is 15.8 Å². The van der Waals surface area contributed by atoms with Crippen LogP contribution >= 0.6 is 0 Å². The summed E-state index contributed by atoms with van der Waals surface area (Å²) in [7, 11) is 0. The van der Waals surface area contributed by atoms with Gasteiger partial charge in [0, 0.05) is 18.7 Å². The third-order valence-electron chi connectivity index (χ3n) is 4.88. The smallest absolute Gasteiger partial charge is 0.251 e. The van der Waals surface area contributed by atoms with Crippen molar-refractivity contribution in [3.63, 3.8) is 0 Å². The average molecular weight is 411 g/mol. The second kappa shape index (κ2) is 10.00. The van der Waals surface area contributed by atoms with E-state index in [2.05, 4.69) is 5.32 Å². The predicted octanol–water partition coefficient (Wildman–Crippen LogP) is 0.616. The summed E-state index contributed by atoms with van der Waals surface area (Å²) in [5.41, 5.74) is 8.01. The van der Waals surface area contributed by atoms with E-state index >= 15 is 0 Å². The second-order valence-electron chi connectivity index (χ2n) is 7.08. The summed E-state index contributed by atoms with van der Waals surface area (Å²) in [6.45, 7) is 0.994. The minimum absolute atomic E-state index is 0.0441. The van der Waals surface area contributed by atoms with Gasteiger partial charge in [0.25, 0.3) is 5.91 Å². The van der Waals surface area contributed by atoms with E-state index in [1.807, 2.05) is 24.3 Å². The summed E-state index contributed by atoms with van der Waals surface area (Å²) in [4.78, 5) is 36.9. The molecule has 1 aliphatic rings. The largest absolute Gasteiger partial charge is 0.493 e. The van der Waals surface area contributed by atoms with Crippen molar-refractivity contribution in [3.05, 3.63) is 65.2 Å². The number of ether oxygens (including phenoxy) is 1. The first-order chi connectivity index (χ1) is 14.5. The van der Waals surface area contributed by atoms with E-state index in [-0.39, 0.29) is 43.7 Å². The fourth-order valence-corrected chi connectivity index (χ4v) is 3.05. The number of benzene rings is 2. The quantitative estimate of drug-likeness (QED) is 0.585. The summed E-state index contributed by atoms with van der Waals surface area (Å²) >= 11 is 0. The Morgan fingerprint density at radius 2 is 1.77 bits per heavy atom. The van der Waals surface area contributed by atoms with Gasteiger partial charge in [0.15, 0.2) is 5.78 Å². The molecule has 158 valence electrons. The maximum absolute atomic E-state index is 12.2. The monoisotopic (exact) mass is 411 g/mol. The molecule has 1 fully saturated rings. The van der Waals surface area contributed by atoms with Crippen LogP contribution in [-0.2, 0) is 22.7 Å². The summed E-state index contributed by atoms with van der Waals surface area (Å²) in [6, 6.07) is 14.4. The Hall–Kier alpha value is -3.23. The number of ketones is 1. The zero-order valence-corrected chi connectivity index (χ0v) is 16.5. The van der Waals surface area contributed by atoms with Crippen LogP contribution in [0.25, 0.3) is 0 Å². The molecule has 0 bridgehead atoms. The van der Waals surface area contributed by atoms with Crippen molar-refractivity contribution >= 4 is 17.6 Å². The van der Waals surface area contributed by atoms with Crippen LogP contribution in [0.1, 0.15) is 27.9 Å². The molecule has 1 unspecified atom stereocenters. The van der Waals surface area contributed by atoms with E-state index in [0.717, 1.165) is 11.1 Å². The highest BCUT2D eigenvalue weighted by molar-refractivity contribution is 5.94. The van der Waals surface area contributed by atoms with Gasteiger partial charge in [0.1, 0.15) is 11.9 Å². The molecule has 2 aromatic carbocycles. The van der Waals surface area contributed by atoms with Gasteiger partial charge in [0.2, 0.25) is 5.91 Å². The van der Waals surface area contributed by atoms with Gasteiger partial charge in [-0.25, -0.2) is 0 Å². The molecule has 0 aliphatic carbocycles. The number of nitrogens with two attached hydrogens (primary N) is 1. The Kier molecular flexibility index (Phi) is 7.16. The molecule has 1 saturated heterocycles. The van der Waals surface area contributed by atoms with Gasteiger partial charge in [0.05, 0.1) is 26.1 Å². The molecule has 0 spiro atoms. The fraction of sp³-hybridized carbons (Fsp3) is 0.318. The van der Waals surface area contributed by atoms with Crippen LogP contribution in [0.5, 0.6) is 5.75 Å². The molecular weight excluding hydrogens is 386 g/mol. The number of aliphatic hydroxyl groups is 1.